The second-order valence-corrected chi connectivity index (χ2v) is 5.55. The Morgan fingerprint density at radius 2 is 1.94 bits per heavy atom. The molecule has 17 heavy (non-hydrogen) atoms. The third-order valence-corrected chi connectivity index (χ3v) is 2.68. The van der Waals surface area contributed by atoms with E-state index in [4.69, 9.17) is 4.74 Å². The van der Waals surface area contributed by atoms with Crippen molar-refractivity contribution in [2.75, 3.05) is 13.1 Å². The summed E-state index contributed by atoms with van der Waals surface area (Å²) >= 11 is 2.90. The van der Waals surface area contributed by atoms with Gasteiger partial charge in [-0.25, -0.2) is 9.18 Å². The van der Waals surface area contributed by atoms with Crippen molar-refractivity contribution >= 4 is 22.0 Å². The van der Waals surface area contributed by atoms with Gasteiger partial charge in [0, 0.05) is 41.9 Å². The molecule has 1 aliphatic rings. The number of piperidine rings is 1. The van der Waals surface area contributed by atoms with Gasteiger partial charge in [-0.1, -0.05) is 0 Å². The Morgan fingerprint density at radius 1 is 1.41 bits per heavy atom. The van der Waals surface area contributed by atoms with Crippen molar-refractivity contribution < 1.29 is 13.9 Å². The zero-order chi connectivity index (χ0) is 13.1. The molecule has 0 radical (unpaired) electrons. The van der Waals surface area contributed by atoms with Gasteiger partial charge in [-0.05, 0) is 31.5 Å². The second-order valence-electron chi connectivity index (χ2n) is 5.15. The van der Waals surface area contributed by atoms with E-state index in [2.05, 4.69) is 26.7 Å². The molecule has 1 aliphatic heterocycles. The fourth-order valence-electron chi connectivity index (χ4n) is 1.58. The van der Waals surface area contributed by atoms with Gasteiger partial charge in [0.15, 0.2) is 5.67 Å². The second kappa shape index (κ2) is 5.26. The van der Waals surface area contributed by atoms with Gasteiger partial charge in [0.2, 0.25) is 0 Å². The van der Waals surface area contributed by atoms with Crippen molar-refractivity contribution in [2.45, 2.75) is 44.9 Å². The van der Waals surface area contributed by atoms with Crippen molar-refractivity contribution in [1.29, 1.82) is 0 Å². The Hall–Kier alpha value is -0.760. The number of halogens is 2. The maximum Gasteiger partial charge on any atom is 0.410 e. The largest absolute Gasteiger partial charge is 0.444 e. The van der Waals surface area contributed by atoms with Crippen LogP contribution < -0.4 is 0 Å². The average molecular weight is 306 g/mol. The molecule has 0 aromatic rings. The molecular weight excluding hydrogens is 289 g/mol. The van der Waals surface area contributed by atoms with E-state index in [1.165, 1.54) is 4.90 Å². The molecule has 3 nitrogen and oxygen atoms in total. The fraction of sp³-hybridized carbons (Fsp3) is 0.750. The summed E-state index contributed by atoms with van der Waals surface area (Å²) in [6, 6.07) is 0. The van der Waals surface area contributed by atoms with Crippen molar-refractivity contribution in [3.05, 3.63) is 0 Å². The van der Waals surface area contributed by atoms with Gasteiger partial charge in [-0.2, -0.15) is 0 Å². The Balaban J connectivity index is 2.52. The molecule has 1 saturated heterocycles. The predicted octanol–water partition coefficient (Wildman–Crippen LogP) is 3.08. The molecule has 0 atom stereocenters. The van der Waals surface area contributed by atoms with Gasteiger partial charge in [0.25, 0.3) is 0 Å². The van der Waals surface area contributed by atoms with Gasteiger partial charge in [-0.15, -0.1) is 0 Å². The summed E-state index contributed by atoms with van der Waals surface area (Å²) in [7, 11) is 0. The molecule has 0 aromatic heterocycles. The van der Waals surface area contributed by atoms with Crippen molar-refractivity contribution in [3.63, 3.8) is 0 Å². The number of hydrogen-bond donors (Lipinski definition) is 0. The minimum Gasteiger partial charge on any atom is -0.444 e. The maximum absolute atomic E-state index is 14.0. The zero-order valence-corrected chi connectivity index (χ0v) is 11.9. The van der Waals surface area contributed by atoms with Crippen molar-refractivity contribution in [2.24, 2.45) is 0 Å². The van der Waals surface area contributed by atoms with Crippen molar-refractivity contribution in [3.8, 4) is 10.8 Å². The van der Waals surface area contributed by atoms with E-state index in [-0.39, 0.29) is 18.9 Å². The normalized spacial score (nSPS) is 19.2. The molecule has 0 aliphatic carbocycles. The van der Waals surface area contributed by atoms with Crippen LogP contribution in [0.2, 0.25) is 0 Å². The van der Waals surface area contributed by atoms with E-state index >= 15 is 0 Å². The van der Waals surface area contributed by atoms with Gasteiger partial charge >= 0.3 is 6.09 Å². The first-order chi connectivity index (χ1) is 7.76. The third kappa shape index (κ3) is 4.55. The summed E-state index contributed by atoms with van der Waals surface area (Å²) in [5.41, 5.74) is -2.00. The number of nitrogens with zero attached hydrogens (tertiary/aromatic N) is 1. The first-order valence-corrected chi connectivity index (χ1v) is 6.35. The van der Waals surface area contributed by atoms with Gasteiger partial charge in [-0.3, -0.25) is 0 Å². The quantitative estimate of drug-likeness (QED) is 0.644. The molecule has 1 heterocycles. The highest BCUT2D eigenvalue weighted by molar-refractivity contribution is 9.12. The highest BCUT2D eigenvalue weighted by Gasteiger charge is 2.35. The number of likely N-dealkylation sites (tertiary alicyclic amines) is 1. The van der Waals surface area contributed by atoms with E-state index in [0.717, 1.165) is 0 Å². The lowest BCUT2D eigenvalue weighted by Crippen LogP contribution is -2.45. The molecule has 1 rings (SSSR count). The van der Waals surface area contributed by atoms with Crippen LogP contribution in [-0.2, 0) is 4.74 Å². The topological polar surface area (TPSA) is 29.5 Å². The molecule has 0 saturated carbocycles. The first kappa shape index (κ1) is 14.3. The van der Waals surface area contributed by atoms with Crippen LogP contribution in [0.3, 0.4) is 0 Å². The summed E-state index contributed by atoms with van der Waals surface area (Å²) in [5.74, 6) is 2.49. The van der Waals surface area contributed by atoms with Crippen LogP contribution in [0.5, 0.6) is 0 Å². The van der Waals surface area contributed by atoms with E-state index in [0.29, 0.717) is 13.1 Å². The highest BCUT2D eigenvalue weighted by Crippen LogP contribution is 2.26. The number of carbonyl (C=O) groups excluding carboxylic acids is 1. The van der Waals surface area contributed by atoms with E-state index in [1.807, 2.05) is 20.8 Å². The van der Waals surface area contributed by atoms with Crippen LogP contribution in [0.25, 0.3) is 0 Å². The molecule has 5 heteroatoms. The van der Waals surface area contributed by atoms with E-state index < -0.39 is 11.3 Å². The molecule has 96 valence electrons. The fourth-order valence-corrected chi connectivity index (χ4v) is 1.94. The Bertz CT molecular complexity index is 346. The molecule has 1 fully saturated rings. The van der Waals surface area contributed by atoms with Crippen LogP contribution in [0.1, 0.15) is 33.6 Å². The number of rotatable bonds is 0. The van der Waals surface area contributed by atoms with Gasteiger partial charge < -0.3 is 9.64 Å². The number of hydrogen-bond acceptors (Lipinski definition) is 2. The van der Waals surface area contributed by atoms with Crippen LogP contribution in [0, 0.1) is 10.8 Å². The molecular formula is C12H17BrFNO2. The van der Waals surface area contributed by atoms with E-state index in [1.54, 1.807) is 0 Å². The van der Waals surface area contributed by atoms with Crippen molar-refractivity contribution in [1.82, 2.24) is 4.90 Å². The van der Waals surface area contributed by atoms with E-state index in [9.17, 15) is 9.18 Å². The smallest absolute Gasteiger partial charge is 0.410 e. The monoisotopic (exact) mass is 305 g/mol. The predicted molar refractivity (Wildman–Crippen MR) is 67.6 cm³/mol. The van der Waals surface area contributed by atoms with Gasteiger partial charge in [0.1, 0.15) is 5.60 Å². The standard InChI is InChI=1S/C12H17BrFNO2/c1-11(2,3)17-10(16)15-8-5-12(14,4-7-13)6-9-15/h5-6,8-9H2,1-3H3. The minimum atomic E-state index is -1.48. The molecule has 0 unspecified atom stereocenters. The lowest BCUT2D eigenvalue weighted by molar-refractivity contribution is 0.0117. The maximum atomic E-state index is 14.0. The molecule has 0 aromatic carbocycles. The summed E-state index contributed by atoms with van der Waals surface area (Å²) in [6.45, 7) is 6.11. The summed E-state index contributed by atoms with van der Waals surface area (Å²) in [5, 5.41) is 0. The number of amides is 1. The third-order valence-electron chi connectivity index (χ3n) is 2.48. The lowest BCUT2D eigenvalue weighted by atomic mass is 9.95. The SMILES string of the molecule is CC(C)(C)OC(=O)N1CCC(F)(C#CBr)CC1. The van der Waals surface area contributed by atoms with Crippen LogP contribution in [0.4, 0.5) is 9.18 Å². The number of ether oxygens (including phenoxy) is 1. The minimum absolute atomic E-state index is 0.227. The molecule has 1 amide bonds. The van der Waals surface area contributed by atoms with Crippen LogP contribution >= 0.6 is 15.9 Å². The Labute approximate surface area is 110 Å². The zero-order valence-electron chi connectivity index (χ0n) is 10.3. The van der Waals surface area contributed by atoms with Crippen LogP contribution in [-0.4, -0.2) is 35.4 Å². The average Bonchev–Trinajstić information content (AvgIpc) is 2.15. The Morgan fingerprint density at radius 3 is 2.35 bits per heavy atom. The summed E-state index contributed by atoms with van der Waals surface area (Å²) < 4.78 is 19.2. The Kier molecular flexibility index (Phi) is 4.42. The lowest BCUT2D eigenvalue weighted by Gasteiger charge is -2.34. The van der Waals surface area contributed by atoms with Crippen LogP contribution in [0.15, 0.2) is 0 Å². The number of carbonyl (C=O) groups is 1. The summed E-state index contributed by atoms with van der Waals surface area (Å²) in [4.78, 5) is 15.7. The molecule has 0 bridgehead atoms. The molecule has 0 N–H and O–H groups in total. The summed E-state index contributed by atoms with van der Waals surface area (Å²) in [6.07, 6.45) is 0.0710. The molecule has 0 spiro atoms. The van der Waals surface area contributed by atoms with Gasteiger partial charge in [0.05, 0.1) is 0 Å². The first-order valence-electron chi connectivity index (χ1n) is 5.55. The highest BCUT2D eigenvalue weighted by atomic mass is 79.9. The number of alkyl halides is 1.